The molecule has 0 atom stereocenters. The molecule has 0 N–H and O–H groups in total. The predicted molar refractivity (Wildman–Crippen MR) is 313 cm³/mol. The third-order valence-electron chi connectivity index (χ3n) is 14.2. The predicted octanol–water partition coefficient (Wildman–Crippen LogP) is 20.7. The molecule has 0 fully saturated rings. The van der Waals surface area contributed by atoms with Crippen LogP contribution in [-0.4, -0.2) is 0 Å². The molecule has 0 radical (unpaired) electrons. The summed E-state index contributed by atoms with van der Waals surface area (Å²) in [5, 5.41) is 9.87. The van der Waals surface area contributed by atoms with Crippen molar-refractivity contribution < 1.29 is 0 Å². The highest BCUT2D eigenvalue weighted by Crippen LogP contribution is 2.53. The zero-order valence-electron chi connectivity index (χ0n) is 39.1. The maximum absolute atomic E-state index is 2.53. The van der Waals surface area contributed by atoms with Gasteiger partial charge in [-0.25, -0.2) is 0 Å². The lowest BCUT2D eigenvalue weighted by Gasteiger charge is -2.30. The Hall–Kier alpha value is -8.80. The molecular formula is C68H44N2S2. The minimum absolute atomic E-state index is 1.11. The van der Waals surface area contributed by atoms with E-state index in [2.05, 4.69) is 277 Å². The SMILES string of the molecule is c1ccc(-c2cccc3c2sc2ccc(-c4ccc(-c5c(N(c6ccccc6)c6ccccc6)ccc6sc7ccccc7c56)cc4)c(N(c4ccc5ccccc5c4)c4ccc5ccccc5c4)c23)cc1. The number of anilines is 6. The monoisotopic (exact) mass is 952 g/mol. The molecule has 0 aliphatic heterocycles. The van der Waals surface area contributed by atoms with Crippen LogP contribution in [0.15, 0.2) is 267 Å². The van der Waals surface area contributed by atoms with E-state index in [1.54, 1.807) is 0 Å². The van der Waals surface area contributed by atoms with Crippen LogP contribution in [0, 0.1) is 0 Å². The Kier molecular flexibility index (Phi) is 10.3. The van der Waals surface area contributed by atoms with Gasteiger partial charge in [-0.05, 0) is 117 Å². The molecule has 0 bridgehead atoms. The van der Waals surface area contributed by atoms with Gasteiger partial charge in [-0.2, -0.15) is 0 Å². The van der Waals surface area contributed by atoms with Crippen molar-refractivity contribution in [1.82, 2.24) is 0 Å². The first-order valence-corrected chi connectivity index (χ1v) is 26.1. The third kappa shape index (κ3) is 7.14. The molecule has 2 heterocycles. The van der Waals surface area contributed by atoms with Gasteiger partial charge in [0.2, 0.25) is 0 Å². The quantitative estimate of drug-likeness (QED) is 0.142. The number of benzene rings is 12. The number of rotatable bonds is 9. The highest BCUT2D eigenvalue weighted by Gasteiger charge is 2.26. The number of hydrogen-bond acceptors (Lipinski definition) is 4. The largest absolute Gasteiger partial charge is 0.310 e. The van der Waals surface area contributed by atoms with Crippen molar-refractivity contribution in [2.75, 3.05) is 9.80 Å². The van der Waals surface area contributed by atoms with Crippen molar-refractivity contribution in [3.63, 3.8) is 0 Å². The number of thiophene rings is 2. The van der Waals surface area contributed by atoms with E-state index in [0.717, 1.165) is 50.8 Å². The number of hydrogen-bond donors (Lipinski definition) is 0. The van der Waals surface area contributed by atoms with Gasteiger partial charge in [0.1, 0.15) is 0 Å². The van der Waals surface area contributed by atoms with Gasteiger partial charge in [-0.3, -0.25) is 0 Å². The van der Waals surface area contributed by atoms with Crippen LogP contribution >= 0.6 is 22.7 Å². The molecule has 0 saturated heterocycles. The Morgan fingerprint density at radius 1 is 0.278 bits per heavy atom. The number of fused-ring (bicyclic) bond motifs is 8. The fourth-order valence-corrected chi connectivity index (χ4v) is 13.3. The molecule has 2 aromatic heterocycles. The second-order valence-corrected chi connectivity index (χ2v) is 20.5. The molecule has 0 spiro atoms. The standard InChI is InChI=1S/C68H44N2S2/c1-4-19-47(20-5-1)57-28-16-29-59-66-63(72-68(57)59)41-39-56(67(66)70(54-37-35-45-17-10-12-21-50(45)43-54)55-38-36-46-18-11-13-22-51(46)44-55)48-31-33-49(34-32-48)64-60(40-42-62-65(64)58-27-14-15-30-61(58)71-62)69(52-23-6-2-7-24-52)53-25-8-3-9-26-53/h1-44H. The summed E-state index contributed by atoms with van der Waals surface area (Å²) in [6.07, 6.45) is 0. The van der Waals surface area contributed by atoms with E-state index in [9.17, 15) is 0 Å². The summed E-state index contributed by atoms with van der Waals surface area (Å²) >= 11 is 3.75. The highest BCUT2D eigenvalue weighted by atomic mass is 32.1. The van der Waals surface area contributed by atoms with E-state index < -0.39 is 0 Å². The third-order valence-corrected chi connectivity index (χ3v) is 16.5. The van der Waals surface area contributed by atoms with Gasteiger partial charge in [0, 0.05) is 74.2 Å². The van der Waals surface area contributed by atoms with Crippen molar-refractivity contribution in [2.45, 2.75) is 0 Å². The molecule has 2 nitrogen and oxygen atoms in total. The molecular weight excluding hydrogens is 909 g/mol. The van der Waals surface area contributed by atoms with Crippen molar-refractivity contribution in [3.05, 3.63) is 267 Å². The Balaban J connectivity index is 1.04. The fraction of sp³-hybridized carbons (Fsp3) is 0. The molecule has 0 amide bonds. The zero-order valence-corrected chi connectivity index (χ0v) is 40.7. The molecule has 4 heteroatoms. The van der Waals surface area contributed by atoms with Crippen LogP contribution in [0.1, 0.15) is 0 Å². The van der Waals surface area contributed by atoms with Crippen LogP contribution < -0.4 is 9.80 Å². The Morgan fingerprint density at radius 3 is 1.47 bits per heavy atom. The Bertz CT molecular complexity index is 4210. The average Bonchev–Trinajstić information content (AvgIpc) is 4.03. The second kappa shape index (κ2) is 17.6. The Morgan fingerprint density at radius 2 is 0.806 bits per heavy atom. The fourth-order valence-electron chi connectivity index (χ4n) is 10.9. The van der Waals surface area contributed by atoms with Gasteiger partial charge in [0.05, 0.1) is 11.4 Å². The van der Waals surface area contributed by atoms with Crippen LogP contribution in [0.25, 0.3) is 95.3 Å². The number of nitrogens with zero attached hydrogens (tertiary/aromatic N) is 2. The Labute approximate surface area is 426 Å². The molecule has 72 heavy (non-hydrogen) atoms. The molecule has 0 aliphatic carbocycles. The zero-order chi connectivity index (χ0) is 47.5. The maximum atomic E-state index is 2.53. The van der Waals surface area contributed by atoms with Crippen molar-refractivity contribution in [2.24, 2.45) is 0 Å². The van der Waals surface area contributed by atoms with E-state index in [0.29, 0.717) is 0 Å². The minimum atomic E-state index is 1.11. The lowest BCUT2D eigenvalue weighted by molar-refractivity contribution is 1.29. The van der Waals surface area contributed by atoms with Crippen molar-refractivity contribution in [1.29, 1.82) is 0 Å². The van der Waals surface area contributed by atoms with Gasteiger partial charge in [0.25, 0.3) is 0 Å². The smallest absolute Gasteiger partial charge is 0.0633 e. The van der Waals surface area contributed by atoms with Crippen LogP contribution in [0.4, 0.5) is 34.1 Å². The summed E-state index contributed by atoms with van der Waals surface area (Å²) in [5.41, 5.74) is 13.9. The first-order valence-electron chi connectivity index (χ1n) is 24.5. The van der Waals surface area contributed by atoms with Crippen molar-refractivity contribution in [3.8, 4) is 33.4 Å². The molecule has 14 aromatic rings. The van der Waals surface area contributed by atoms with Gasteiger partial charge in [-0.1, -0.05) is 194 Å². The van der Waals surface area contributed by atoms with Crippen LogP contribution in [-0.2, 0) is 0 Å². The second-order valence-electron chi connectivity index (χ2n) is 18.4. The van der Waals surface area contributed by atoms with E-state index in [1.807, 2.05) is 22.7 Å². The molecule has 14 rings (SSSR count). The maximum Gasteiger partial charge on any atom is 0.0633 e. The lowest BCUT2D eigenvalue weighted by Crippen LogP contribution is -2.12. The summed E-state index contributed by atoms with van der Waals surface area (Å²) in [6.45, 7) is 0. The van der Waals surface area contributed by atoms with E-state index in [4.69, 9.17) is 0 Å². The van der Waals surface area contributed by atoms with Gasteiger partial charge in [0.15, 0.2) is 0 Å². The summed E-state index contributed by atoms with van der Waals surface area (Å²) in [5.74, 6) is 0. The topological polar surface area (TPSA) is 6.48 Å². The van der Waals surface area contributed by atoms with Gasteiger partial charge < -0.3 is 9.80 Å². The first-order chi connectivity index (χ1) is 35.7. The summed E-state index contributed by atoms with van der Waals surface area (Å²) in [6, 6.07) is 98.1. The first kappa shape index (κ1) is 42.1. The summed E-state index contributed by atoms with van der Waals surface area (Å²) in [4.78, 5) is 4.94. The average molecular weight is 953 g/mol. The van der Waals surface area contributed by atoms with E-state index in [-0.39, 0.29) is 0 Å². The minimum Gasteiger partial charge on any atom is -0.310 e. The molecule has 0 unspecified atom stereocenters. The summed E-state index contributed by atoms with van der Waals surface area (Å²) < 4.78 is 5.09. The number of para-hydroxylation sites is 2. The summed E-state index contributed by atoms with van der Waals surface area (Å²) in [7, 11) is 0. The van der Waals surface area contributed by atoms with Crippen LogP contribution in [0.5, 0.6) is 0 Å². The van der Waals surface area contributed by atoms with Crippen molar-refractivity contribution >= 4 is 119 Å². The van der Waals surface area contributed by atoms with E-state index in [1.165, 1.54) is 78.6 Å². The van der Waals surface area contributed by atoms with Crippen LogP contribution in [0.2, 0.25) is 0 Å². The van der Waals surface area contributed by atoms with Gasteiger partial charge >= 0.3 is 0 Å². The normalized spacial score (nSPS) is 11.6. The van der Waals surface area contributed by atoms with Gasteiger partial charge in [-0.15, -0.1) is 22.7 Å². The van der Waals surface area contributed by atoms with Crippen LogP contribution in [0.3, 0.4) is 0 Å². The molecule has 0 saturated carbocycles. The lowest BCUT2D eigenvalue weighted by atomic mass is 9.92. The van der Waals surface area contributed by atoms with E-state index >= 15 is 0 Å². The highest BCUT2D eigenvalue weighted by molar-refractivity contribution is 7.26. The molecule has 0 aliphatic rings. The molecule has 338 valence electrons. The molecule has 12 aromatic carbocycles.